The van der Waals surface area contributed by atoms with Crippen molar-refractivity contribution in [3.63, 3.8) is 0 Å². The predicted molar refractivity (Wildman–Crippen MR) is 166 cm³/mol. The van der Waals surface area contributed by atoms with Gasteiger partial charge in [-0.3, -0.25) is 9.59 Å². The molecule has 5 aromatic rings. The van der Waals surface area contributed by atoms with Crippen LogP contribution in [0.5, 0.6) is 11.5 Å². The third-order valence-corrected chi connectivity index (χ3v) is 7.51. The molecule has 0 bridgehead atoms. The van der Waals surface area contributed by atoms with E-state index in [0.717, 1.165) is 16.7 Å². The molecule has 0 spiro atoms. The molecule has 0 radical (unpaired) electrons. The van der Waals surface area contributed by atoms with Crippen LogP contribution in [0.15, 0.2) is 132 Å². The van der Waals surface area contributed by atoms with Gasteiger partial charge < -0.3 is 23.9 Å². The van der Waals surface area contributed by atoms with Gasteiger partial charge in [-0.05, 0) is 72.1 Å². The predicted octanol–water partition coefficient (Wildman–Crippen LogP) is 7.37. The molecule has 4 aromatic carbocycles. The number of aliphatic hydroxyl groups is 1. The number of carbonyl (C=O) groups is 2. The van der Waals surface area contributed by atoms with Gasteiger partial charge in [0.2, 0.25) is 0 Å². The first-order valence-corrected chi connectivity index (χ1v) is 14.3. The zero-order chi connectivity index (χ0) is 30.5. The highest BCUT2D eigenvalue weighted by molar-refractivity contribution is 6.46. The van der Waals surface area contributed by atoms with Crippen molar-refractivity contribution in [2.75, 3.05) is 0 Å². The number of ketones is 1. The molecule has 1 atom stereocenters. The van der Waals surface area contributed by atoms with Crippen molar-refractivity contribution in [3.05, 3.63) is 161 Å². The van der Waals surface area contributed by atoms with E-state index in [1.807, 2.05) is 67.6 Å². The van der Waals surface area contributed by atoms with Gasteiger partial charge in [-0.25, -0.2) is 0 Å². The van der Waals surface area contributed by atoms with Gasteiger partial charge in [-0.2, -0.15) is 0 Å². The number of nitrogens with zero attached hydrogens (tertiary/aromatic N) is 1. The van der Waals surface area contributed by atoms with Gasteiger partial charge in [-0.15, -0.1) is 0 Å². The second-order valence-corrected chi connectivity index (χ2v) is 10.7. The fourth-order valence-electron chi connectivity index (χ4n) is 5.28. The number of aryl methyl sites for hydroxylation is 1. The Kier molecular flexibility index (Phi) is 8.28. The second-order valence-electron chi connectivity index (χ2n) is 10.7. The Labute approximate surface area is 255 Å². The first kappa shape index (κ1) is 28.6. The van der Waals surface area contributed by atoms with Crippen LogP contribution in [-0.4, -0.2) is 21.7 Å². The number of Topliss-reactive ketones (excluding diaryl/α,β-unsaturated/α-hetero) is 1. The third-order valence-electron chi connectivity index (χ3n) is 7.51. The summed E-state index contributed by atoms with van der Waals surface area (Å²) in [6.45, 7) is 2.90. The molecule has 6 rings (SSSR count). The van der Waals surface area contributed by atoms with Crippen molar-refractivity contribution in [2.24, 2.45) is 0 Å². The minimum absolute atomic E-state index is 0.00735. The number of aliphatic hydroxyl groups excluding tert-OH is 1. The molecule has 1 fully saturated rings. The number of rotatable bonds is 10. The van der Waals surface area contributed by atoms with Crippen LogP contribution < -0.4 is 9.47 Å². The summed E-state index contributed by atoms with van der Waals surface area (Å²) in [5, 5.41) is 11.5. The van der Waals surface area contributed by atoms with E-state index in [1.165, 1.54) is 11.2 Å². The number of hydrogen-bond donors (Lipinski definition) is 1. The molecular formula is C37H31NO6. The van der Waals surface area contributed by atoms with Gasteiger partial charge in [0, 0.05) is 5.56 Å². The van der Waals surface area contributed by atoms with Crippen LogP contribution in [-0.2, 0) is 29.3 Å². The lowest BCUT2D eigenvalue weighted by molar-refractivity contribution is -0.140. The summed E-state index contributed by atoms with van der Waals surface area (Å²) in [4.78, 5) is 28.2. The molecule has 1 saturated heterocycles. The van der Waals surface area contributed by atoms with E-state index in [4.69, 9.17) is 13.9 Å². The van der Waals surface area contributed by atoms with E-state index in [1.54, 1.807) is 48.5 Å². The van der Waals surface area contributed by atoms with Crippen molar-refractivity contribution < 1.29 is 28.6 Å². The van der Waals surface area contributed by atoms with E-state index in [9.17, 15) is 14.7 Å². The molecule has 1 amide bonds. The number of benzene rings is 4. The molecule has 2 heterocycles. The van der Waals surface area contributed by atoms with Gasteiger partial charge >= 0.3 is 0 Å². The van der Waals surface area contributed by atoms with E-state index < -0.39 is 17.7 Å². The molecule has 7 nitrogen and oxygen atoms in total. The first-order valence-electron chi connectivity index (χ1n) is 14.3. The summed E-state index contributed by atoms with van der Waals surface area (Å²) in [7, 11) is 0. The fraction of sp³-hybridized carbons (Fsp3) is 0.135. The van der Waals surface area contributed by atoms with Crippen molar-refractivity contribution in [1.82, 2.24) is 4.90 Å². The lowest BCUT2D eigenvalue weighted by Crippen LogP contribution is -2.29. The maximum Gasteiger partial charge on any atom is 0.296 e. The zero-order valence-electron chi connectivity index (χ0n) is 24.2. The quantitative estimate of drug-likeness (QED) is 0.105. The molecule has 1 N–H and O–H groups in total. The Morgan fingerprint density at radius 1 is 0.773 bits per heavy atom. The van der Waals surface area contributed by atoms with Crippen molar-refractivity contribution in [2.45, 2.75) is 32.7 Å². The Hall–Kier alpha value is -5.56. The summed E-state index contributed by atoms with van der Waals surface area (Å²) in [5.41, 5.74) is 4.30. The standard InChI is InChI=1S/C37H31NO6/c1-25-7-5-10-27(21-25)24-44-31-18-14-29(15-19-31)35(39)33-34(38(37(41)36(33)40)22-32-11-6-20-42-32)28-12-16-30(17-13-28)43-23-26-8-3-2-4-9-26/h2-21,34,39H,22-24H2,1H3/b35-33+. The third kappa shape index (κ3) is 6.27. The largest absolute Gasteiger partial charge is 0.507 e. The average molecular weight is 586 g/mol. The summed E-state index contributed by atoms with van der Waals surface area (Å²) < 4.78 is 17.4. The highest BCUT2D eigenvalue weighted by Gasteiger charge is 2.46. The molecular weight excluding hydrogens is 554 g/mol. The molecule has 1 aliphatic heterocycles. The smallest absolute Gasteiger partial charge is 0.296 e. The van der Waals surface area contributed by atoms with Crippen LogP contribution in [0, 0.1) is 6.92 Å². The first-order chi connectivity index (χ1) is 21.5. The van der Waals surface area contributed by atoms with E-state index in [0.29, 0.717) is 41.6 Å². The molecule has 1 unspecified atom stereocenters. The molecule has 0 saturated carbocycles. The van der Waals surface area contributed by atoms with Gasteiger partial charge in [0.1, 0.15) is 36.2 Å². The lowest BCUT2D eigenvalue weighted by atomic mass is 9.95. The van der Waals surface area contributed by atoms with Gasteiger partial charge in [0.15, 0.2) is 0 Å². The van der Waals surface area contributed by atoms with Gasteiger partial charge in [0.25, 0.3) is 11.7 Å². The Morgan fingerprint density at radius 2 is 1.43 bits per heavy atom. The number of hydrogen-bond acceptors (Lipinski definition) is 6. The summed E-state index contributed by atoms with van der Waals surface area (Å²) in [6, 6.07) is 34.6. The van der Waals surface area contributed by atoms with Gasteiger partial charge in [0.05, 0.1) is 24.4 Å². The van der Waals surface area contributed by atoms with Crippen molar-refractivity contribution >= 4 is 17.4 Å². The van der Waals surface area contributed by atoms with Crippen LogP contribution in [0.2, 0.25) is 0 Å². The monoisotopic (exact) mass is 585 g/mol. The van der Waals surface area contributed by atoms with Gasteiger partial charge in [-0.1, -0.05) is 72.3 Å². The zero-order valence-corrected chi connectivity index (χ0v) is 24.2. The maximum absolute atomic E-state index is 13.4. The normalized spacial score (nSPS) is 15.8. The number of ether oxygens (including phenoxy) is 2. The Bertz CT molecular complexity index is 1770. The highest BCUT2D eigenvalue weighted by Crippen LogP contribution is 2.41. The molecule has 1 aromatic heterocycles. The van der Waals surface area contributed by atoms with Crippen LogP contribution >= 0.6 is 0 Å². The maximum atomic E-state index is 13.4. The number of furan rings is 1. The van der Waals surface area contributed by atoms with Crippen LogP contribution in [0.3, 0.4) is 0 Å². The SMILES string of the molecule is Cc1cccc(COc2ccc(/C(O)=C3\C(=O)C(=O)N(Cc4ccco4)C3c3ccc(OCc4ccccc4)cc3)cc2)c1. The molecule has 1 aliphatic rings. The minimum Gasteiger partial charge on any atom is -0.507 e. The summed E-state index contributed by atoms with van der Waals surface area (Å²) in [5.74, 6) is 0.0456. The van der Waals surface area contributed by atoms with E-state index in [-0.39, 0.29) is 17.9 Å². The fourth-order valence-corrected chi connectivity index (χ4v) is 5.28. The van der Waals surface area contributed by atoms with E-state index >= 15 is 0 Å². The minimum atomic E-state index is -0.833. The van der Waals surface area contributed by atoms with Crippen LogP contribution in [0.1, 0.15) is 39.6 Å². The van der Waals surface area contributed by atoms with Crippen LogP contribution in [0.4, 0.5) is 0 Å². The number of amides is 1. The highest BCUT2D eigenvalue weighted by atomic mass is 16.5. The molecule has 220 valence electrons. The lowest BCUT2D eigenvalue weighted by Gasteiger charge is -2.24. The van der Waals surface area contributed by atoms with Crippen molar-refractivity contribution in [3.8, 4) is 11.5 Å². The molecule has 44 heavy (non-hydrogen) atoms. The number of likely N-dealkylation sites (tertiary alicyclic amines) is 1. The Balaban J connectivity index is 1.27. The second kappa shape index (κ2) is 12.8. The van der Waals surface area contributed by atoms with Crippen LogP contribution in [0.25, 0.3) is 5.76 Å². The van der Waals surface area contributed by atoms with Crippen molar-refractivity contribution in [1.29, 1.82) is 0 Å². The Morgan fingerprint density at radius 3 is 2.09 bits per heavy atom. The van der Waals surface area contributed by atoms with E-state index in [2.05, 4.69) is 6.07 Å². The summed E-state index contributed by atoms with van der Waals surface area (Å²) >= 11 is 0. The number of carbonyl (C=O) groups excluding carboxylic acids is 2. The summed E-state index contributed by atoms with van der Waals surface area (Å²) in [6.07, 6.45) is 1.52. The topological polar surface area (TPSA) is 89.2 Å². The molecule has 0 aliphatic carbocycles. The molecule has 7 heteroatoms. The average Bonchev–Trinajstić information content (AvgIpc) is 3.66.